The van der Waals surface area contributed by atoms with Gasteiger partial charge in [0, 0.05) is 10.5 Å². The lowest BCUT2D eigenvalue weighted by molar-refractivity contribution is -0.141. The van der Waals surface area contributed by atoms with Gasteiger partial charge in [0.2, 0.25) is 0 Å². The van der Waals surface area contributed by atoms with Crippen LogP contribution in [0.1, 0.15) is 24.9 Å². The van der Waals surface area contributed by atoms with Gasteiger partial charge in [-0.25, -0.2) is 0 Å². The molecule has 1 rings (SSSR count). The molecule has 2 unspecified atom stereocenters. The number of hydrogen-bond acceptors (Lipinski definition) is 2. The molecule has 16 heavy (non-hydrogen) atoms. The van der Waals surface area contributed by atoms with Gasteiger partial charge in [-0.05, 0) is 31.2 Å². The summed E-state index contributed by atoms with van der Waals surface area (Å²) >= 11 is 3.41. The Balaban J connectivity index is 2.78. The summed E-state index contributed by atoms with van der Waals surface area (Å²) in [6.07, 6.45) is 0.586. The van der Waals surface area contributed by atoms with E-state index in [4.69, 9.17) is 5.11 Å². The molecule has 0 aliphatic rings. The number of carboxylic acid groups (broad SMARTS) is 1. The Bertz CT molecular complexity index is 368. The van der Waals surface area contributed by atoms with Crippen molar-refractivity contribution in [2.75, 3.05) is 7.05 Å². The van der Waals surface area contributed by atoms with E-state index in [0.717, 1.165) is 10.0 Å². The molecule has 0 aliphatic heterocycles. The van der Waals surface area contributed by atoms with Crippen molar-refractivity contribution >= 4 is 21.9 Å². The number of nitrogens with one attached hydrogen (secondary N) is 1. The SMILES string of the molecule is CNC(CC(C)C(=O)O)c1cccc(Br)c1. The summed E-state index contributed by atoms with van der Waals surface area (Å²) in [5.41, 5.74) is 1.10. The first kappa shape index (κ1) is 13.2. The van der Waals surface area contributed by atoms with Gasteiger partial charge in [0.25, 0.3) is 0 Å². The summed E-state index contributed by atoms with van der Waals surface area (Å²) < 4.78 is 1.01. The van der Waals surface area contributed by atoms with E-state index < -0.39 is 5.97 Å². The second-order valence-corrected chi connectivity index (χ2v) is 4.79. The highest BCUT2D eigenvalue weighted by atomic mass is 79.9. The van der Waals surface area contributed by atoms with Gasteiger partial charge in [-0.1, -0.05) is 35.0 Å². The van der Waals surface area contributed by atoms with E-state index in [2.05, 4.69) is 21.2 Å². The Morgan fingerprint density at radius 3 is 2.75 bits per heavy atom. The van der Waals surface area contributed by atoms with Crippen molar-refractivity contribution in [3.63, 3.8) is 0 Å². The quantitative estimate of drug-likeness (QED) is 0.875. The van der Waals surface area contributed by atoms with Crippen LogP contribution in [0.2, 0.25) is 0 Å². The molecule has 0 saturated heterocycles. The minimum atomic E-state index is -0.754. The van der Waals surface area contributed by atoms with E-state index in [9.17, 15) is 4.79 Å². The molecule has 1 aromatic carbocycles. The van der Waals surface area contributed by atoms with Crippen LogP contribution in [0.4, 0.5) is 0 Å². The molecular weight excluding hydrogens is 270 g/mol. The molecule has 0 radical (unpaired) electrons. The zero-order chi connectivity index (χ0) is 12.1. The largest absolute Gasteiger partial charge is 0.481 e. The van der Waals surface area contributed by atoms with Gasteiger partial charge in [-0.3, -0.25) is 4.79 Å². The second-order valence-electron chi connectivity index (χ2n) is 3.87. The number of halogens is 1. The Morgan fingerprint density at radius 1 is 1.56 bits per heavy atom. The number of aliphatic carboxylic acids is 1. The van der Waals surface area contributed by atoms with Gasteiger partial charge in [-0.15, -0.1) is 0 Å². The van der Waals surface area contributed by atoms with Crippen molar-refractivity contribution in [3.8, 4) is 0 Å². The average Bonchev–Trinajstić information content (AvgIpc) is 2.25. The Kier molecular flexibility index (Phi) is 4.96. The fraction of sp³-hybridized carbons (Fsp3) is 0.417. The molecule has 4 heteroatoms. The van der Waals surface area contributed by atoms with E-state index in [0.29, 0.717) is 6.42 Å². The molecule has 0 bridgehead atoms. The van der Waals surface area contributed by atoms with Crippen LogP contribution >= 0.6 is 15.9 Å². The van der Waals surface area contributed by atoms with Crippen molar-refractivity contribution in [3.05, 3.63) is 34.3 Å². The molecule has 0 aromatic heterocycles. The van der Waals surface area contributed by atoms with Crippen LogP contribution in [0, 0.1) is 5.92 Å². The third-order valence-electron chi connectivity index (χ3n) is 2.61. The predicted octanol–water partition coefficient (Wildman–Crippen LogP) is 2.82. The maximum absolute atomic E-state index is 10.8. The predicted molar refractivity (Wildman–Crippen MR) is 67.4 cm³/mol. The first-order valence-electron chi connectivity index (χ1n) is 5.20. The fourth-order valence-electron chi connectivity index (χ4n) is 1.60. The summed E-state index contributed by atoms with van der Waals surface area (Å²) in [5.74, 6) is -1.10. The van der Waals surface area contributed by atoms with Crippen molar-refractivity contribution in [1.82, 2.24) is 5.32 Å². The first-order chi connectivity index (χ1) is 7.54. The summed E-state index contributed by atoms with van der Waals surface area (Å²) in [6, 6.07) is 7.99. The zero-order valence-corrected chi connectivity index (χ0v) is 11.0. The minimum absolute atomic E-state index is 0.0728. The van der Waals surface area contributed by atoms with Crippen LogP contribution in [0.15, 0.2) is 28.7 Å². The van der Waals surface area contributed by atoms with Crippen LogP contribution in [-0.4, -0.2) is 18.1 Å². The molecule has 0 heterocycles. The summed E-state index contributed by atoms with van der Waals surface area (Å²) in [7, 11) is 1.85. The standard InChI is InChI=1S/C12H16BrNO2/c1-8(12(15)16)6-11(14-2)9-4-3-5-10(13)7-9/h3-5,7-8,11,14H,6H2,1-2H3,(H,15,16). The molecule has 0 fully saturated rings. The van der Waals surface area contributed by atoms with Crippen LogP contribution in [0.25, 0.3) is 0 Å². The van der Waals surface area contributed by atoms with Crippen molar-refractivity contribution in [2.24, 2.45) is 5.92 Å². The molecule has 0 spiro atoms. The lowest BCUT2D eigenvalue weighted by Crippen LogP contribution is -2.22. The first-order valence-corrected chi connectivity index (χ1v) is 5.99. The van der Waals surface area contributed by atoms with Gasteiger partial charge in [0.15, 0.2) is 0 Å². The topological polar surface area (TPSA) is 49.3 Å². The van der Waals surface area contributed by atoms with Gasteiger partial charge in [-0.2, -0.15) is 0 Å². The highest BCUT2D eigenvalue weighted by molar-refractivity contribution is 9.10. The fourth-order valence-corrected chi connectivity index (χ4v) is 2.02. The third kappa shape index (κ3) is 3.61. The van der Waals surface area contributed by atoms with Crippen molar-refractivity contribution in [2.45, 2.75) is 19.4 Å². The number of hydrogen-bond donors (Lipinski definition) is 2. The lowest BCUT2D eigenvalue weighted by atomic mass is 9.96. The van der Waals surface area contributed by atoms with Gasteiger partial charge in [0.05, 0.1) is 5.92 Å². The normalized spacial score (nSPS) is 14.4. The summed E-state index contributed by atoms with van der Waals surface area (Å²) in [6.45, 7) is 1.73. The second kappa shape index (κ2) is 6.01. The van der Waals surface area contributed by atoms with Crippen LogP contribution in [0.3, 0.4) is 0 Å². The molecule has 2 N–H and O–H groups in total. The number of carboxylic acids is 1. The lowest BCUT2D eigenvalue weighted by Gasteiger charge is -2.19. The number of rotatable bonds is 5. The van der Waals surface area contributed by atoms with E-state index in [1.807, 2.05) is 31.3 Å². The van der Waals surface area contributed by atoms with Gasteiger partial charge < -0.3 is 10.4 Å². The van der Waals surface area contributed by atoms with Gasteiger partial charge in [0.1, 0.15) is 0 Å². The highest BCUT2D eigenvalue weighted by Gasteiger charge is 2.18. The van der Waals surface area contributed by atoms with E-state index >= 15 is 0 Å². The zero-order valence-electron chi connectivity index (χ0n) is 9.40. The van der Waals surface area contributed by atoms with Crippen molar-refractivity contribution < 1.29 is 9.90 Å². The Hall–Kier alpha value is -0.870. The van der Waals surface area contributed by atoms with Gasteiger partial charge >= 0.3 is 5.97 Å². The monoisotopic (exact) mass is 285 g/mol. The maximum atomic E-state index is 10.8. The van der Waals surface area contributed by atoms with Crippen molar-refractivity contribution in [1.29, 1.82) is 0 Å². The number of benzene rings is 1. The third-order valence-corrected chi connectivity index (χ3v) is 3.10. The minimum Gasteiger partial charge on any atom is -0.481 e. The summed E-state index contributed by atoms with van der Waals surface area (Å²) in [4.78, 5) is 10.8. The highest BCUT2D eigenvalue weighted by Crippen LogP contribution is 2.23. The molecule has 2 atom stereocenters. The van der Waals surface area contributed by atoms with E-state index in [1.54, 1.807) is 6.92 Å². The summed E-state index contributed by atoms with van der Waals surface area (Å²) in [5, 5.41) is 12.0. The average molecular weight is 286 g/mol. The van der Waals surface area contributed by atoms with E-state index in [-0.39, 0.29) is 12.0 Å². The number of carbonyl (C=O) groups is 1. The van der Waals surface area contributed by atoms with Crippen LogP contribution in [-0.2, 0) is 4.79 Å². The molecular formula is C12H16BrNO2. The smallest absolute Gasteiger partial charge is 0.306 e. The molecule has 1 aromatic rings. The van der Waals surface area contributed by atoms with Crippen LogP contribution < -0.4 is 5.32 Å². The Morgan fingerprint density at radius 2 is 2.25 bits per heavy atom. The molecule has 3 nitrogen and oxygen atoms in total. The molecule has 0 aliphatic carbocycles. The van der Waals surface area contributed by atoms with E-state index in [1.165, 1.54) is 0 Å². The molecule has 88 valence electrons. The molecule has 0 amide bonds. The maximum Gasteiger partial charge on any atom is 0.306 e. The molecule has 0 saturated carbocycles. The van der Waals surface area contributed by atoms with Crippen LogP contribution in [0.5, 0.6) is 0 Å². The Labute approximate surface area is 104 Å².